The van der Waals surface area contributed by atoms with Crippen LogP contribution in [0.25, 0.3) is 0 Å². The van der Waals surface area contributed by atoms with Gasteiger partial charge in [-0.15, -0.1) is 0 Å². The molecule has 1 aromatic carbocycles. The minimum Gasteiger partial charge on any atom is -0.351 e. The molecule has 0 aliphatic rings. The highest BCUT2D eigenvalue weighted by atomic mass is 16.2. The number of primary amides is 1. The molecule has 4 heteroatoms. The number of benzene rings is 1. The van der Waals surface area contributed by atoms with Crippen LogP contribution in [0.3, 0.4) is 0 Å². The van der Waals surface area contributed by atoms with Gasteiger partial charge in [0.15, 0.2) is 0 Å². The highest BCUT2D eigenvalue weighted by molar-refractivity contribution is 5.91. The Labute approximate surface area is 122 Å². The van der Waals surface area contributed by atoms with Crippen LogP contribution in [0.5, 0.6) is 0 Å². The largest absolute Gasteiger partial charge is 0.351 e. The van der Waals surface area contributed by atoms with Crippen molar-refractivity contribution in [3.63, 3.8) is 0 Å². The summed E-state index contributed by atoms with van der Waals surface area (Å²) in [7, 11) is 0. The molecule has 4 nitrogen and oxygen atoms in total. The average molecular weight is 277 g/mol. The zero-order valence-corrected chi connectivity index (χ0v) is 13.3. The maximum Gasteiger partial charge on any atom is 0.319 e. The Kier molecular flexibility index (Phi) is 6.02. The van der Waals surface area contributed by atoms with Crippen LogP contribution in [0.2, 0.25) is 0 Å². The molecule has 0 aliphatic carbocycles. The monoisotopic (exact) mass is 277 g/mol. The molecule has 112 valence electrons. The summed E-state index contributed by atoms with van der Waals surface area (Å²) in [5, 5.41) is 0. The maximum atomic E-state index is 11.5. The number of amides is 2. The number of nitrogens with zero attached hydrogens (tertiary/aromatic N) is 2. The van der Waals surface area contributed by atoms with Crippen molar-refractivity contribution >= 4 is 11.7 Å². The van der Waals surface area contributed by atoms with Gasteiger partial charge in [0.05, 0.1) is 0 Å². The Morgan fingerprint density at radius 3 is 1.95 bits per heavy atom. The molecular weight excluding hydrogens is 250 g/mol. The normalized spacial score (nSPS) is 12.8. The summed E-state index contributed by atoms with van der Waals surface area (Å²) in [6.45, 7) is 12.5. The first kappa shape index (κ1) is 16.5. The first-order chi connectivity index (χ1) is 9.42. The van der Waals surface area contributed by atoms with E-state index < -0.39 is 6.03 Å². The van der Waals surface area contributed by atoms with Gasteiger partial charge in [0, 0.05) is 17.8 Å². The predicted molar refractivity (Wildman–Crippen MR) is 85.0 cm³/mol. The van der Waals surface area contributed by atoms with Crippen molar-refractivity contribution in [2.45, 2.75) is 46.7 Å². The van der Waals surface area contributed by atoms with E-state index >= 15 is 0 Å². The number of anilines is 1. The third-order valence-electron chi connectivity index (χ3n) is 3.77. The van der Waals surface area contributed by atoms with Gasteiger partial charge in [-0.25, -0.2) is 4.79 Å². The van der Waals surface area contributed by atoms with E-state index in [1.807, 2.05) is 26.0 Å². The highest BCUT2D eigenvalue weighted by Crippen LogP contribution is 2.24. The van der Waals surface area contributed by atoms with Crippen molar-refractivity contribution in [3.8, 4) is 0 Å². The standard InChI is InChI=1S/C16H27N3O/c1-6-18(7-2)13(5)14-8-10-15(11-9-14)19(12(3)4)16(17)20/h8-13H,6-7H2,1-5H3,(H2,17,20). The second-order valence-corrected chi connectivity index (χ2v) is 5.29. The molecule has 0 aromatic heterocycles. The topological polar surface area (TPSA) is 49.6 Å². The lowest BCUT2D eigenvalue weighted by Gasteiger charge is -2.28. The molecule has 1 rings (SSSR count). The molecule has 0 saturated carbocycles. The summed E-state index contributed by atoms with van der Waals surface area (Å²) >= 11 is 0. The highest BCUT2D eigenvalue weighted by Gasteiger charge is 2.17. The summed E-state index contributed by atoms with van der Waals surface area (Å²) in [4.78, 5) is 15.5. The van der Waals surface area contributed by atoms with Crippen LogP contribution in [0, 0.1) is 0 Å². The SMILES string of the molecule is CCN(CC)C(C)c1ccc(N(C(N)=O)C(C)C)cc1. The van der Waals surface area contributed by atoms with Crippen LogP contribution in [-0.4, -0.2) is 30.1 Å². The second-order valence-electron chi connectivity index (χ2n) is 5.29. The Balaban J connectivity index is 2.95. The third kappa shape index (κ3) is 3.73. The molecule has 0 fully saturated rings. The van der Waals surface area contributed by atoms with E-state index in [0.29, 0.717) is 6.04 Å². The van der Waals surface area contributed by atoms with Gasteiger partial charge >= 0.3 is 6.03 Å². The van der Waals surface area contributed by atoms with E-state index in [-0.39, 0.29) is 6.04 Å². The molecule has 0 saturated heterocycles. The van der Waals surface area contributed by atoms with Crippen LogP contribution in [0.15, 0.2) is 24.3 Å². The minimum absolute atomic E-state index is 0.0542. The molecular formula is C16H27N3O. The zero-order chi connectivity index (χ0) is 15.3. The summed E-state index contributed by atoms with van der Waals surface area (Å²) in [6, 6.07) is 8.12. The van der Waals surface area contributed by atoms with Crippen molar-refractivity contribution in [2.75, 3.05) is 18.0 Å². The quantitative estimate of drug-likeness (QED) is 0.866. The van der Waals surface area contributed by atoms with Gasteiger partial charge in [0.25, 0.3) is 0 Å². The number of rotatable bonds is 6. The fraction of sp³-hybridized carbons (Fsp3) is 0.562. The molecule has 0 bridgehead atoms. The summed E-state index contributed by atoms with van der Waals surface area (Å²) in [5.74, 6) is 0. The lowest BCUT2D eigenvalue weighted by atomic mass is 10.1. The van der Waals surface area contributed by atoms with Crippen molar-refractivity contribution in [2.24, 2.45) is 5.73 Å². The van der Waals surface area contributed by atoms with E-state index in [4.69, 9.17) is 5.73 Å². The first-order valence-electron chi connectivity index (χ1n) is 7.35. The molecule has 1 aromatic rings. The second kappa shape index (κ2) is 7.29. The predicted octanol–water partition coefficient (Wildman–Crippen LogP) is 3.38. The Morgan fingerprint density at radius 1 is 1.10 bits per heavy atom. The number of hydrogen-bond donors (Lipinski definition) is 1. The van der Waals surface area contributed by atoms with Crippen LogP contribution < -0.4 is 10.6 Å². The van der Waals surface area contributed by atoms with Gasteiger partial charge in [-0.1, -0.05) is 26.0 Å². The van der Waals surface area contributed by atoms with Crippen LogP contribution in [-0.2, 0) is 0 Å². The van der Waals surface area contributed by atoms with Gasteiger partial charge in [-0.05, 0) is 51.6 Å². The van der Waals surface area contributed by atoms with Gasteiger partial charge in [0.1, 0.15) is 0 Å². The van der Waals surface area contributed by atoms with E-state index in [1.165, 1.54) is 5.56 Å². The van der Waals surface area contributed by atoms with Crippen molar-refractivity contribution in [3.05, 3.63) is 29.8 Å². The Hall–Kier alpha value is -1.55. The number of hydrogen-bond acceptors (Lipinski definition) is 2. The van der Waals surface area contributed by atoms with E-state index in [9.17, 15) is 4.79 Å². The molecule has 0 radical (unpaired) electrons. The molecule has 2 N–H and O–H groups in total. The number of carbonyl (C=O) groups excluding carboxylic acids is 1. The average Bonchev–Trinajstić information content (AvgIpc) is 2.40. The first-order valence-corrected chi connectivity index (χ1v) is 7.35. The minimum atomic E-state index is -0.412. The Bertz CT molecular complexity index is 424. The van der Waals surface area contributed by atoms with Gasteiger partial charge < -0.3 is 5.73 Å². The van der Waals surface area contributed by atoms with Crippen molar-refractivity contribution in [1.29, 1.82) is 0 Å². The number of urea groups is 1. The fourth-order valence-corrected chi connectivity index (χ4v) is 2.58. The molecule has 0 aliphatic heterocycles. The Morgan fingerprint density at radius 2 is 1.60 bits per heavy atom. The number of carbonyl (C=O) groups is 1. The lowest BCUT2D eigenvalue weighted by molar-refractivity contribution is 0.234. The molecule has 20 heavy (non-hydrogen) atoms. The van der Waals surface area contributed by atoms with Crippen molar-refractivity contribution < 1.29 is 4.79 Å². The molecule has 1 atom stereocenters. The van der Waals surface area contributed by atoms with E-state index in [2.05, 4.69) is 37.8 Å². The van der Waals surface area contributed by atoms with Crippen LogP contribution >= 0.6 is 0 Å². The number of nitrogens with two attached hydrogens (primary N) is 1. The van der Waals surface area contributed by atoms with Gasteiger partial charge in [-0.2, -0.15) is 0 Å². The molecule has 1 unspecified atom stereocenters. The smallest absolute Gasteiger partial charge is 0.319 e. The molecule has 2 amide bonds. The van der Waals surface area contributed by atoms with E-state index in [0.717, 1.165) is 18.8 Å². The van der Waals surface area contributed by atoms with Crippen molar-refractivity contribution in [1.82, 2.24) is 4.90 Å². The summed E-state index contributed by atoms with van der Waals surface area (Å²) in [5.41, 5.74) is 7.54. The van der Waals surface area contributed by atoms with Crippen LogP contribution in [0.1, 0.15) is 46.2 Å². The van der Waals surface area contributed by atoms with Crippen LogP contribution in [0.4, 0.5) is 10.5 Å². The van der Waals surface area contributed by atoms with Gasteiger partial charge in [0.2, 0.25) is 0 Å². The molecule has 0 spiro atoms. The van der Waals surface area contributed by atoms with Gasteiger partial charge in [-0.3, -0.25) is 9.80 Å². The fourth-order valence-electron chi connectivity index (χ4n) is 2.58. The zero-order valence-electron chi connectivity index (χ0n) is 13.3. The summed E-state index contributed by atoms with van der Waals surface area (Å²) in [6.07, 6.45) is 0. The molecule has 0 heterocycles. The lowest BCUT2D eigenvalue weighted by Crippen LogP contribution is -2.40. The van der Waals surface area contributed by atoms with E-state index in [1.54, 1.807) is 4.90 Å². The third-order valence-corrected chi connectivity index (χ3v) is 3.77. The maximum absolute atomic E-state index is 11.5. The summed E-state index contributed by atoms with van der Waals surface area (Å²) < 4.78 is 0.